The molecule has 5 nitrogen and oxygen atoms in total. The first-order valence-corrected chi connectivity index (χ1v) is 5.96. The Bertz CT molecular complexity index is 516. The molecule has 108 valence electrons. The molecule has 0 bridgehead atoms. The SMILES string of the molecule is C=CCOC(=O)N[C@H](CC(=O)O)c1ccc(C)cc1F. The second kappa shape index (κ2) is 7.28. The lowest BCUT2D eigenvalue weighted by molar-refractivity contribution is -0.137. The molecule has 1 aromatic rings. The Hall–Kier alpha value is -2.37. The fourth-order valence-electron chi connectivity index (χ4n) is 1.65. The minimum absolute atomic E-state index is 0.0119. The second-order valence-corrected chi connectivity index (χ2v) is 4.21. The molecule has 0 radical (unpaired) electrons. The summed E-state index contributed by atoms with van der Waals surface area (Å²) in [5, 5.41) is 11.2. The number of rotatable bonds is 6. The lowest BCUT2D eigenvalue weighted by Crippen LogP contribution is -2.31. The number of carbonyl (C=O) groups is 2. The molecule has 2 N–H and O–H groups in total. The van der Waals surface area contributed by atoms with Gasteiger partial charge in [-0.1, -0.05) is 24.8 Å². The third-order valence-electron chi connectivity index (χ3n) is 2.53. The minimum atomic E-state index is -1.15. The molecule has 1 amide bonds. The van der Waals surface area contributed by atoms with Gasteiger partial charge in [-0.2, -0.15) is 0 Å². The normalized spacial score (nSPS) is 11.5. The van der Waals surface area contributed by atoms with Crippen molar-refractivity contribution in [2.24, 2.45) is 0 Å². The van der Waals surface area contributed by atoms with Gasteiger partial charge < -0.3 is 15.2 Å². The predicted molar refractivity (Wildman–Crippen MR) is 70.8 cm³/mol. The summed E-state index contributed by atoms with van der Waals surface area (Å²) in [6.45, 7) is 5.08. The smallest absolute Gasteiger partial charge is 0.407 e. The van der Waals surface area contributed by atoms with E-state index in [9.17, 15) is 14.0 Å². The predicted octanol–water partition coefficient (Wildman–Crippen LogP) is 2.56. The van der Waals surface area contributed by atoms with Crippen molar-refractivity contribution in [3.05, 3.63) is 47.8 Å². The number of hydrogen-bond donors (Lipinski definition) is 2. The minimum Gasteiger partial charge on any atom is -0.481 e. The maximum absolute atomic E-state index is 13.9. The van der Waals surface area contributed by atoms with Gasteiger partial charge in [0.05, 0.1) is 12.5 Å². The highest BCUT2D eigenvalue weighted by atomic mass is 19.1. The van der Waals surface area contributed by atoms with Crippen LogP contribution in [0.1, 0.15) is 23.6 Å². The number of carboxylic acids is 1. The largest absolute Gasteiger partial charge is 0.481 e. The van der Waals surface area contributed by atoms with E-state index < -0.39 is 30.3 Å². The van der Waals surface area contributed by atoms with Crippen molar-refractivity contribution in [3.63, 3.8) is 0 Å². The third-order valence-corrected chi connectivity index (χ3v) is 2.53. The van der Waals surface area contributed by atoms with Crippen molar-refractivity contribution in [3.8, 4) is 0 Å². The second-order valence-electron chi connectivity index (χ2n) is 4.21. The lowest BCUT2D eigenvalue weighted by Gasteiger charge is -2.18. The highest BCUT2D eigenvalue weighted by molar-refractivity contribution is 5.72. The number of benzene rings is 1. The van der Waals surface area contributed by atoms with Crippen molar-refractivity contribution in [1.29, 1.82) is 0 Å². The van der Waals surface area contributed by atoms with Crippen LogP contribution in [0.4, 0.5) is 9.18 Å². The van der Waals surface area contributed by atoms with Crippen LogP contribution in [-0.4, -0.2) is 23.8 Å². The van der Waals surface area contributed by atoms with Crippen molar-refractivity contribution >= 4 is 12.1 Å². The summed E-state index contributed by atoms with van der Waals surface area (Å²) in [7, 11) is 0. The standard InChI is InChI=1S/C14H16FNO4/c1-3-6-20-14(19)16-12(8-13(17)18)10-5-4-9(2)7-11(10)15/h3-5,7,12H,1,6,8H2,2H3,(H,16,19)(H,17,18)/t12-/m1/s1. The van der Waals surface area contributed by atoms with E-state index in [1.807, 2.05) is 0 Å². The van der Waals surface area contributed by atoms with Crippen molar-refractivity contribution in [2.75, 3.05) is 6.61 Å². The number of amides is 1. The molecule has 0 aliphatic rings. The molecule has 0 spiro atoms. The summed E-state index contributed by atoms with van der Waals surface area (Å²) in [5.74, 6) is -1.72. The van der Waals surface area contributed by atoms with Gasteiger partial charge >= 0.3 is 12.1 Å². The zero-order chi connectivity index (χ0) is 15.1. The molecule has 0 aromatic heterocycles. The Morgan fingerprint density at radius 3 is 2.80 bits per heavy atom. The average Bonchev–Trinajstić information content (AvgIpc) is 2.35. The summed E-state index contributed by atoms with van der Waals surface area (Å²) in [5.41, 5.74) is 0.808. The highest BCUT2D eigenvalue weighted by Gasteiger charge is 2.21. The lowest BCUT2D eigenvalue weighted by atomic mass is 10.0. The number of aliphatic carboxylic acids is 1. The summed E-state index contributed by atoms with van der Waals surface area (Å²) < 4.78 is 18.6. The number of aryl methyl sites for hydroxylation is 1. The van der Waals surface area contributed by atoms with Crippen LogP contribution >= 0.6 is 0 Å². The van der Waals surface area contributed by atoms with Crippen LogP contribution < -0.4 is 5.32 Å². The van der Waals surface area contributed by atoms with Crippen LogP contribution in [0, 0.1) is 12.7 Å². The van der Waals surface area contributed by atoms with E-state index in [-0.39, 0.29) is 12.2 Å². The fraction of sp³-hybridized carbons (Fsp3) is 0.286. The van der Waals surface area contributed by atoms with E-state index in [0.717, 1.165) is 0 Å². The third kappa shape index (κ3) is 4.72. The van der Waals surface area contributed by atoms with Crippen LogP contribution in [0.25, 0.3) is 0 Å². The zero-order valence-corrected chi connectivity index (χ0v) is 11.1. The van der Waals surface area contributed by atoms with Crippen molar-refractivity contribution in [2.45, 2.75) is 19.4 Å². The molecular formula is C14H16FNO4. The number of alkyl carbamates (subject to hydrolysis) is 1. The van der Waals surface area contributed by atoms with Gasteiger partial charge in [0.1, 0.15) is 12.4 Å². The molecule has 1 aromatic carbocycles. The molecule has 0 heterocycles. The molecule has 0 aliphatic heterocycles. The molecular weight excluding hydrogens is 265 g/mol. The maximum atomic E-state index is 13.9. The molecule has 0 unspecified atom stereocenters. The Morgan fingerprint density at radius 1 is 1.55 bits per heavy atom. The van der Waals surface area contributed by atoms with Gasteiger partial charge in [-0.15, -0.1) is 0 Å². The molecule has 1 rings (SSSR count). The van der Waals surface area contributed by atoms with Gasteiger partial charge in [-0.25, -0.2) is 9.18 Å². The monoisotopic (exact) mass is 281 g/mol. The maximum Gasteiger partial charge on any atom is 0.407 e. The first-order valence-electron chi connectivity index (χ1n) is 5.96. The summed E-state index contributed by atoms with van der Waals surface area (Å²) in [6, 6.07) is 3.38. The van der Waals surface area contributed by atoms with E-state index in [0.29, 0.717) is 5.56 Å². The van der Waals surface area contributed by atoms with Crippen LogP contribution in [0.5, 0.6) is 0 Å². The fourth-order valence-corrected chi connectivity index (χ4v) is 1.65. The van der Waals surface area contributed by atoms with Crippen LogP contribution in [-0.2, 0) is 9.53 Å². The van der Waals surface area contributed by atoms with Crippen LogP contribution in [0.15, 0.2) is 30.9 Å². The highest BCUT2D eigenvalue weighted by Crippen LogP contribution is 2.21. The molecule has 0 aliphatic carbocycles. The Balaban J connectivity index is 2.90. The number of carboxylic acid groups (broad SMARTS) is 1. The van der Waals surface area contributed by atoms with Gasteiger partial charge in [-0.3, -0.25) is 4.79 Å². The number of ether oxygens (including phenoxy) is 1. The van der Waals surface area contributed by atoms with Gasteiger partial charge in [0, 0.05) is 5.56 Å². The van der Waals surface area contributed by atoms with E-state index >= 15 is 0 Å². The quantitative estimate of drug-likeness (QED) is 0.786. The van der Waals surface area contributed by atoms with E-state index in [2.05, 4.69) is 11.9 Å². The zero-order valence-electron chi connectivity index (χ0n) is 11.1. The van der Waals surface area contributed by atoms with Crippen LogP contribution in [0.2, 0.25) is 0 Å². The number of nitrogens with one attached hydrogen (secondary N) is 1. The first kappa shape index (κ1) is 15.7. The van der Waals surface area contributed by atoms with Crippen molar-refractivity contribution < 1.29 is 23.8 Å². The van der Waals surface area contributed by atoms with E-state index in [1.54, 1.807) is 13.0 Å². The van der Waals surface area contributed by atoms with Gasteiger partial charge in [-0.05, 0) is 18.6 Å². The Morgan fingerprint density at radius 2 is 2.25 bits per heavy atom. The van der Waals surface area contributed by atoms with Gasteiger partial charge in [0.25, 0.3) is 0 Å². The number of hydrogen-bond acceptors (Lipinski definition) is 3. The van der Waals surface area contributed by atoms with Gasteiger partial charge in [0.2, 0.25) is 0 Å². The van der Waals surface area contributed by atoms with Gasteiger partial charge in [0.15, 0.2) is 0 Å². The Labute approximate surface area is 116 Å². The summed E-state index contributed by atoms with van der Waals surface area (Å²) in [4.78, 5) is 22.3. The molecule has 20 heavy (non-hydrogen) atoms. The Kier molecular flexibility index (Phi) is 5.71. The topological polar surface area (TPSA) is 75.6 Å². The van der Waals surface area contributed by atoms with E-state index in [4.69, 9.17) is 9.84 Å². The summed E-state index contributed by atoms with van der Waals surface area (Å²) in [6.07, 6.45) is 0.109. The summed E-state index contributed by atoms with van der Waals surface area (Å²) >= 11 is 0. The molecule has 0 saturated carbocycles. The number of carbonyl (C=O) groups excluding carboxylic acids is 1. The number of halogens is 1. The van der Waals surface area contributed by atoms with Crippen LogP contribution in [0.3, 0.4) is 0 Å². The van der Waals surface area contributed by atoms with E-state index in [1.165, 1.54) is 18.2 Å². The first-order chi connectivity index (χ1) is 9.43. The molecule has 6 heteroatoms. The van der Waals surface area contributed by atoms with Crippen molar-refractivity contribution in [1.82, 2.24) is 5.32 Å². The average molecular weight is 281 g/mol. The molecule has 0 fully saturated rings. The molecule has 0 saturated heterocycles. The molecule has 1 atom stereocenters.